The van der Waals surface area contributed by atoms with Crippen molar-refractivity contribution in [3.63, 3.8) is 0 Å². The number of hydrogen-bond donors (Lipinski definition) is 2. The first-order valence-electron chi connectivity index (χ1n) is 8.38. The number of carbonyl (C=O) groups is 1. The van der Waals surface area contributed by atoms with Gasteiger partial charge in [-0.2, -0.15) is 0 Å². The van der Waals surface area contributed by atoms with Crippen molar-refractivity contribution in [1.29, 1.82) is 0 Å². The van der Waals surface area contributed by atoms with E-state index in [4.69, 9.17) is 4.42 Å². The van der Waals surface area contributed by atoms with Crippen molar-refractivity contribution >= 4 is 35.8 Å². The summed E-state index contributed by atoms with van der Waals surface area (Å²) in [7, 11) is 3.52. The number of furan rings is 1. The van der Waals surface area contributed by atoms with Crippen LogP contribution < -0.4 is 10.6 Å². The van der Waals surface area contributed by atoms with E-state index >= 15 is 0 Å². The van der Waals surface area contributed by atoms with E-state index in [1.807, 2.05) is 6.07 Å². The summed E-state index contributed by atoms with van der Waals surface area (Å²) in [5.41, 5.74) is 1.03. The Balaban J connectivity index is 0.00000208. The summed E-state index contributed by atoms with van der Waals surface area (Å²) < 4.78 is 5.08. The number of carbonyl (C=O) groups excluding carboxylic acids is 1. The van der Waals surface area contributed by atoms with Gasteiger partial charge in [0.2, 0.25) is 5.91 Å². The van der Waals surface area contributed by atoms with Gasteiger partial charge in [-0.05, 0) is 37.2 Å². The minimum atomic E-state index is 0. The zero-order valence-corrected chi connectivity index (χ0v) is 16.7. The Morgan fingerprint density at radius 2 is 2.21 bits per heavy atom. The number of rotatable bonds is 5. The Bertz CT molecular complexity index is 559. The summed E-state index contributed by atoms with van der Waals surface area (Å²) in [5.74, 6) is 2.39. The highest BCUT2D eigenvalue weighted by atomic mass is 127. The van der Waals surface area contributed by atoms with Crippen LogP contribution in [0.1, 0.15) is 31.2 Å². The van der Waals surface area contributed by atoms with Gasteiger partial charge >= 0.3 is 0 Å². The molecule has 1 amide bonds. The fourth-order valence-corrected chi connectivity index (χ4v) is 3.62. The van der Waals surface area contributed by atoms with Crippen molar-refractivity contribution in [2.24, 2.45) is 16.8 Å². The molecule has 134 valence electrons. The molecule has 1 aromatic rings. The number of guanidine groups is 1. The molecule has 7 heteroatoms. The van der Waals surface area contributed by atoms with Crippen LogP contribution in [0.15, 0.2) is 28.0 Å². The highest BCUT2D eigenvalue weighted by molar-refractivity contribution is 14.0. The molecule has 3 rings (SSSR count). The molecule has 0 radical (unpaired) electrons. The molecule has 3 atom stereocenters. The second kappa shape index (κ2) is 8.73. The summed E-state index contributed by atoms with van der Waals surface area (Å²) in [6.45, 7) is 0.799. The molecule has 2 N–H and O–H groups in total. The normalized spacial score (nSPS) is 25.2. The molecule has 1 aromatic heterocycles. The van der Waals surface area contributed by atoms with Crippen molar-refractivity contribution in [3.8, 4) is 0 Å². The van der Waals surface area contributed by atoms with E-state index in [1.54, 1.807) is 31.5 Å². The van der Waals surface area contributed by atoms with Crippen LogP contribution in [0.3, 0.4) is 0 Å². The molecule has 0 spiro atoms. The molecule has 2 aliphatic rings. The van der Waals surface area contributed by atoms with Gasteiger partial charge in [0, 0.05) is 25.7 Å². The minimum Gasteiger partial charge on any atom is -0.472 e. The second-order valence-corrected chi connectivity index (χ2v) is 6.86. The maximum atomic E-state index is 11.8. The molecule has 2 aliphatic carbocycles. The lowest BCUT2D eigenvalue weighted by Crippen LogP contribution is -2.48. The molecule has 2 saturated carbocycles. The second-order valence-electron chi connectivity index (χ2n) is 6.86. The summed E-state index contributed by atoms with van der Waals surface area (Å²) in [5, 5.41) is 6.71. The highest BCUT2D eigenvalue weighted by Gasteiger charge is 2.39. The molecule has 0 saturated heterocycles. The van der Waals surface area contributed by atoms with Crippen LogP contribution in [-0.4, -0.2) is 43.4 Å². The van der Waals surface area contributed by atoms with E-state index < -0.39 is 0 Å². The summed E-state index contributed by atoms with van der Waals surface area (Å²) in [4.78, 5) is 18.0. The average Bonchev–Trinajstić information content (AvgIpc) is 3.26. The molecule has 3 unspecified atom stereocenters. The van der Waals surface area contributed by atoms with Gasteiger partial charge in [-0.15, -0.1) is 24.0 Å². The van der Waals surface area contributed by atoms with Gasteiger partial charge in [-0.3, -0.25) is 4.79 Å². The molecule has 2 bridgehead atoms. The topological polar surface area (TPSA) is 69.9 Å². The third-order valence-corrected chi connectivity index (χ3v) is 4.97. The first-order chi connectivity index (χ1) is 11.1. The quantitative estimate of drug-likeness (QED) is 0.414. The van der Waals surface area contributed by atoms with Gasteiger partial charge in [0.1, 0.15) is 0 Å². The number of halogens is 1. The third-order valence-electron chi connectivity index (χ3n) is 4.97. The molecular formula is C17H27IN4O2. The van der Waals surface area contributed by atoms with E-state index in [9.17, 15) is 4.79 Å². The van der Waals surface area contributed by atoms with Crippen molar-refractivity contribution in [2.45, 2.75) is 38.3 Å². The number of aliphatic imine (C=N–C) groups is 1. The third kappa shape index (κ3) is 4.87. The van der Waals surface area contributed by atoms with E-state index in [0.29, 0.717) is 12.6 Å². The Labute approximate surface area is 160 Å². The summed E-state index contributed by atoms with van der Waals surface area (Å²) >= 11 is 0. The monoisotopic (exact) mass is 446 g/mol. The maximum absolute atomic E-state index is 11.8. The Morgan fingerprint density at radius 3 is 2.79 bits per heavy atom. The van der Waals surface area contributed by atoms with Gasteiger partial charge in [-0.1, -0.05) is 6.42 Å². The van der Waals surface area contributed by atoms with E-state index in [-0.39, 0.29) is 36.4 Å². The molecule has 1 heterocycles. The van der Waals surface area contributed by atoms with Crippen LogP contribution >= 0.6 is 24.0 Å². The molecule has 0 aliphatic heterocycles. The van der Waals surface area contributed by atoms with Crippen molar-refractivity contribution < 1.29 is 9.21 Å². The van der Waals surface area contributed by atoms with E-state index in [1.165, 1.54) is 25.7 Å². The van der Waals surface area contributed by atoms with E-state index in [0.717, 1.165) is 23.4 Å². The van der Waals surface area contributed by atoms with Crippen molar-refractivity contribution in [3.05, 3.63) is 24.2 Å². The predicted octanol–water partition coefficient (Wildman–Crippen LogP) is 2.21. The predicted molar refractivity (Wildman–Crippen MR) is 104 cm³/mol. The SMILES string of the molecule is CN(C)C(=O)CNC(=NCc1ccoc1)NC1CC2CCC1C2.I. The van der Waals surface area contributed by atoms with Crippen LogP contribution in [0.4, 0.5) is 0 Å². The standard InChI is InChI=1S/C17H26N4O2.HI/c1-21(2)16(22)10-19-17(18-9-13-5-6-23-11-13)20-15-8-12-3-4-14(15)7-12;/h5-6,11-12,14-15H,3-4,7-10H2,1-2H3,(H2,18,19,20);1H. The molecular weight excluding hydrogens is 419 g/mol. The smallest absolute Gasteiger partial charge is 0.241 e. The van der Waals surface area contributed by atoms with Crippen molar-refractivity contribution in [1.82, 2.24) is 15.5 Å². The van der Waals surface area contributed by atoms with E-state index in [2.05, 4.69) is 15.6 Å². The number of hydrogen-bond acceptors (Lipinski definition) is 3. The lowest BCUT2D eigenvalue weighted by molar-refractivity contribution is -0.127. The Morgan fingerprint density at radius 1 is 1.38 bits per heavy atom. The van der Waals surface area contributed by atoms with Gasteiger partial charge in [0.15, 0.2) is 5.96 Å². The maximum Gasteiger partial charge on any atom is 0.241 e. The zero-order valence-electron chi connectivity index (χ0n) is 14.3. The number of likely N-dealkylation sites (N-methyl/N-ethyl adjacent to an activating group) is 1. The van der Waals surface area contributed by atoms with Gasteiger partial charge in [0.25, 0.3) is 0 Å². The largest absolute Gasteiger partial charge is 0.472 e. The average molecular weight is 446 g/mol. The molecule has 6 nitrogen and oxygen atoms in total. The minimum absolute atomic E-state index is 0. The first-order valence-corrected chi connectivity index (χ1v) is 8.38. The Kier molecular flexibility index (Phi) is 6.94. The number of amides is 1. The fraction of sp³-hybridized carbons (Fsp3) is 0.647. The van der Waals surface area contributed by atoms with Crippen LogP contribution in [0.25, 0.3) is 0 Å². The lowest BCUT2D eigenvalue weighted by Gasteiger charge is -2.25. The molecule has 0 aromatic carbocycles. The first kappa shape index (κ1) is 19.1. The van der Waals surface area contributed by atoms with Gasteiger partial charge in [0.05, 0.1) is 25.6 Å². The van der Waals surface area contributed by atoms with Crippen LogP contribution in [0.2, 0.25) is 0 Å². The summed E-state index contributed by atoms with van der Waals surface area (Å²) in [6, 6.07) is 2.39. The fourth-order valence-electron chi connectivity index (χ4n) is 3.62. The number of nitrogens with zero attached hydrogens (tertiary/aromatic N) is 2. The van der Waals surface area contributed by atoms with Crippen LogP contribution in [-0.2, 0) is 11.3 Å². The highest BCUT2D eigenvalue weighted by Crippen LogP contribution is 2.44. The van der Waals surface area contributed by atoms with Gasteiger partial charge < -0.3 is 20.0 Å². The van der Waals surface area contributed by atoms with Gasteiger partial charge in [-0.25, -0.2) is 4.99 Å². The number of nitrogens with one attached hydrogen (secondary N) is 2. The van der Waals surface area contributed by atoms with Crippen molar-refractivity contribution in [2.75, 3.05) is 20.6 Å². The summed E-state index contributed by atoms with van der Waals surface area (Å²) in [6.07, 6.45) is 8.59. The van der Waals surface area contributed by atoms with Crippen LogP contribution in [0.5, 0.6) is 0 Å². The molecule has 24 heavy (non-hydrogen) atoms. The molecule has 2 fully saturated rings. The van der Waals surface area contributed by atoms with Crippen LogP contribution in [0, 0.1) is 11.8 Å². The lowest BCUT2D eigenvalue weighted by atomic mass is 9.95. The zero-order chi connectivity index (χ0) is 16.2. The Hall–Kier alpha value is -1.25. The number of fused-ring (bicyclic) bond motifs is 2.